The monoisotopic (exact) mass is 511 g/mol. The third kappa shape index (κ3) is 4.87. The maximum atomic E-state index is 14.7. The van der Waals surface area contributed by atoms with Gasteiger partial charge in [0.15, 0.2) is 5.82 Å². The molecule has 0 bridgehead atoms. The average molecular weight is 512 g/mol. The second-order valence-electron chi connectivity index (χ2n) is 9.63. The van der Waals surface area contributed by atoms with Gasteiger partial charge in [0.2, 0.25) is 0 Å². The maximum Gasteiger partial charge on any atom is 0.155 e. The quantitative estimate of drug-likeness (QED) is 0.307. The van der Waals surface area contributed by atoms with Crippen molar-refractivity contribution >= 4 is 29.3 Å². The minimum Gasteiger partial charge on any atom is -0.369 e. The van der Waals surface area contributed by atoms with Crippen molar-refractivity contribution in [2.45, 2.75) is 12.8 Å². The van der Waals surface area contributed by atoms with E-state index >= 15 is 0 Å². The molecule has 5 nitrogen and oxygen atoms in total. The summed E-state index contributed by atoms with van der Waals surface area (Å²) in [5.74, 6) is 0.259. The van der Waals surface area contributed by atoms with E-state index in [-0.39, 0.29) is 5.82 Å². The molecule has 4 aromatic rings. The number of rotatable bonds is 4. The van der Waals surface area contributed by atoms with Crippen molar-refractivity contribution in [2.24, 2.45) is 4.99 Å². The lowest BCUT2D eigenvalue weighted by Crippen LogP contribution is -2.44. The van der Waals surface area contributed by atoms with Gasteiger partial charge in [-0.15, -0.1) is 0 Å². The SMILES string of the molecule is CN1CCN(c2ccc(-c3cncc(-c4cc(-c5cc(Cl)ccc5F)nc5c4CCC=N5)c3)cc2)CC1. The van der Waals surface area contributed by atoms with Gasteiger partial charge in [-0.25, -0.2) is 14.4 Å². The number of aromatic nitrogens is 2. The molecule has 2 aromatic heterocycles. The molecule has 7 heteroatoms. The van der Waals surface area contributed by atoms with Gasteiger partial charge in [-0.05, 0) is 73.5 Å². The number of hydrogen-bond acceptors (Lipinski definition) is 5. The Hall–Kier alpha value is -3.61. The molecule has 0 atom stereocenters. The molecule has 186 valence electrons. The zero-order valence-corrected chi connectivity index (χ0v) is 21.4. The molecule has 2 aliphatic heterocycles. The van der Waals surface area contributed by atoms with Crippen molar-refractivity contribution in [1.82, 2.24) is 14.9 Å². The van der Waals surface area contributed by atoms with Gasteiger partial charge in [-0.1, -0.05) is 23.7 Å². The number of likely N-dealkylation sites (N-methyl/N-ethyl adjacent to an activating group) is 1. The van der Waals surface area contributed by atoms with Gasteiger partial charge in [0.1, 0.15) is 5.82 Å². The van der Waals surface area contributed by atoms with Crippen LogP contribution < -0.4 is 4.90 Å². The van der Waals surface area contributed by atoms with Gasteiger partial charge in [0, 0.05) is 77.8 Å². The Labute approximate surface area is 221 Å². The van der Waals surface area contributed by atoms with Crippen molar-refractivity contribution in [2.75, 3.05) is 38.1 Å². The standard InChI is InChI=1S/C30H27ClFN5/c1-36-11-13-37(14-12-36)24-7-4-20(5-8-24)21-15-22(19-33-18-21)26-17-29(27-16-23(31)6-9-28(27)32)35-30-25(26)3-2-10-34-30/h4-10,15-19H,2-3,11-14H2,1H3. The fourth-order valence-electron chi connectivity index (χ4n) is 5.04. The molecule has 2 aromatic carbocycles. The number of halogens is 2. The first-order chi connectivity index (χ1) is 18.0. The van der Waals surface area contributed by atoms with E-state index in [4.69, 9.17) is 11.6 Å². The van der Waals surface area contributed by atoms with Gasteiger partial charge in [-0.3, -0.25) is 4.98 Å². The number of anilines is 1. The Balaban J connectivity index is 1.37. The third-order valence-electron chi connectivity index (χ3n) is 7.16. The van der Waals surface area contributed by atoms with Gasteiger partial charge >= 0.3 is 0 Å². The second kappa shape index (κ2) is 10.0. The fraction of sp³-hybridized carbons (Fsp3) is 0.233. The molecule has 0 unspecified atom stereocenters. The molecular formula is C30H27ClFN5. The molecule has 1 saturated heterocycles. The lowest BCUT2D eigenvalue weighted by Gasteiger charge is -2.34. The highest BCUT2D eigenvalue weighted by Gasteiger charge is 2.19. The van der Waals surface area contributed by atoms with Crippen LogP contribution in [0.4, 0.5) is 15.9 Å². The van der Waals surface area contributed by atoms with E-state index in [1.54, 1.807) is 12.1 Å². The number of benzene rings is 2. The predicted molar refractivity (Wildman–Crippen MR) is 149 cm³/mol. The van der Waals surface area contributed by atoms with E-state index in [1.165, 1.54) is 11.8 Å². The zero-order chi connectivity index (χ0) is 25.4. The Morgan fingerprint density at radius 2 is 1.62 bits per heavy atom. The van der Waals surface area contributed by atoms with Crippen LogP contribution in [-0.4, -0.2) is 54.3 Å². The first kappa shape index (κ1) is 23.8. The highest BCUT2D eigenvalue weighted by atomic mass is 35.5. The molecule has 4 heterocycles. The molecule has 37 heavy (non-hydrogen) atoms. The summed E-state index contributed by atoms with van der Waals surface area (Å²) in [5.41, 5.74) is 7.24. The Morgan fingerprint density at radius 1 is 0.838 bits per heavy atom. The highest BCUT2D eigenvalue weighted by molar-refractivity contribution is 6.30. The van der Waals surface area contributed by atoms with E-state index < -0.39 is 0 Å². The average Bonchev–Trinajstić information content (AvgIpc) is 2.94. The van der Waals surface area contributed by atoms with Crippen LogP contribution in [0.15, 0.2) is 72.0 Å². The molecule has 1 fully saturated rings. The lowest BCUT2D eigenvalue weighted by atomic mass is 9.94. The van der Waals surface area contributed by atoms with Gasteiger partial charge in [0.25, 0.3) is 0 Å². The summed E-state index contributed by atoms with van der Waals surface area (Å²) >= 11 is 6.18. The molecule has 2 aliphatic rings. The Morgan fingerprint density at radius 3 is 2.43 bits per heavy atom. The van der Waals surface area contributed by atoms with Crippen LogP contribution in [0.1, 0.15) is 12.0 Å². The minimum absolute atomic E-state index is 0.362. The number of fused-ring (bicyclic) bond motifs is 1. The largest absolute Gasteiger partial charge is 0.369 e. The smallest absolute Gasteiger partial charge is 0.155 e. The van der Waals surface area contributed by atoms with E-state index in [9.17, 15) is 4.39 Å². The lowest BCUT2D eigenvalue weighted by molar-refractivity contribution is 0.313. The first-order valence-electron chi connectivity index (χ1n) is 12.6. The molecule has 0 saturated carbocycles. The first-order valence-corrected chi connectivity index (χ1v) is 12.9. The van der Waals surface area contributed by atoms with Crippen molar-refractivity contribution in [3.8, 4) is 33.5 Å². The van der Waals surface area contributed by atoms with Crippen LogP contribution in [-0.2, 0) is 6.42 Å². The topological polar surface area (TPSA) is 44.6 Å². The molecule has 0 aliphatic carbocycles. The van der Waals surface area contributed by atoms with Gasteiger partial charge in [-0.2, -0.15) is 0 Å². The van der Waals surface area contributed by atoms with Crippen LogP contribution in [0.5, 0.6) is 0 Å². The van der Waals surface area contributed by atoms with Crippen molar-refractivity contribution in [3.63, 3.8) is 0 Å². The van der Waals surface area contributed by atoms with Crippen molar-refractivity contribution in [3.05, 3.63) is 83.4 Å². The minimum atomic E-state index is -0.366. The zero-order valence-electron chi connectivity index (χ0n) is 20.7. The summed E-state index contributed by atoms with van der Waals surface area (Å²) < 4.78 is 14.7. The van der Waals surface area contributed by atoms with Crippen molar-refractivity contribution < 1.29 is 4.39 Å². The second-order valence-corrected chi connectivity index (χ2v) is 10.1. The summed E-state index contributed by atoms with van der Waals surface area (Å²) in [7, 11) is 2.17. The number of nitrogens with zero attached hydrogens (tertiary/aromatic N) is 5. The maximum absolute atomic E-state index is 14.7. The summed E-state index contributed by atoms with van der Waals surface area (Å²) in [4.78, 5) is 18.6. The van der Waals surface area contributed by atoms with Crippen LogP contribution in [0.2, 0.25) is 5.02 Å². The molecule has 0 spiro atoms. The van der Waals surface area contributed by atoms with Crippen molar-refractivity contribution in [1.29, 1.82) is 0 Å². The summed E-state index contributed by atoms with van der Waals surface area (Å²) in [6, 6.07) is 17.3. The van der Waals surface area contributed by atoms with E-state index in [1.807, 2.05) is 24.7 Å². The van der Waals surface area contributed by atoms with Crippen LogP contribution in [0.3, 0.4) is 0 Å². The summed E-state index contributed by atoms with van der Waals surface area (Å²) in [6.07, 6.45) is 7.27. The number of pyridine rings is 2. The molecule has 0 N–H and O–H groups in total. The number of hydrogen-bond donors (Lipinski definition) is 0. The fourth-order valence-corrected chi connectivity index (χ4v) is 5.21. The van der Waals surface area contributed by atoms with Crippen LogP contribution >= 0.6 is 11.6 Å². The third-order valence-corrected chi connectivity index (χ3v) is 7.40. The molecular weight excluding hydrogens is 485 g/mol. The van der Waals surface area contributed by atoms with E-state index in [0.29, 0.717) is 22.1 Å². The summed E-state index contributed by atoms with van der Waals surface area (Å²) in [5, 5.41) is 0.463. The van der Waals surface area contributed by atoms with E-state index in [0.717, 1.165) is 66.8 Å². The van der Waals surface area contributed by atoms with Gasteiger partial charge < -0.3 is 9.80 Å². The Kier molecular flexibility index (Phi) is 6.45. The normalized spacial score (nSPS) is 15.6. The van der Waals surface area contributed by atoms with Crippen LogP contribution in [0.25, 0.3) is 33.5 Å². The van der Waals surface area contributed by atoms with E-state index in [2.05, 4.69) is 62.1 Å². The summed E-state index contributed by atoms with van der Waals surface area (Å²) in [6.45, 7) is 4.24. The number of piperazine rings is 1. The molecule has 0 radical (unpaired) electrons. The highest BCUT2D eigenvalue weighted by Crippen LogP contribution is 2.38. The van der Waals surface area contributed by atoms with Crippen LogP contribution in [0, 0.1) is 5.82 Å². The van der Waals surface area contributed by atoms with Gasteiger partial charge in [0.05, 0.1) is 5.69 Å². The molecule has 0 amide bonds. The Bertz CT molecular complexity index is 1480. The molecule has 6 rings (SSSR count). The number of aliphatic imine (C=N–C) groups is 1. The predicted octanol–water partition coefficient (Wildman–Crippen LogP) is 6.67.